The SMILES string of the molecule is CCC[C@H](NC(=O)Cc1c(C)c2cc3c(-c4ccc(F)cc4)coc3c(C)c2oc1=O)C(=O)O. The summed E-state index contributed by atoms with van der Waals surface area (Å²) >= 11 is 0. The lowest BCUT2D eigenvalue weighted by atomic mass is 9.97. The van der Waals surface area contributed by atoms with Crippen molar-refractivity contribution in [1.29, 1.82) is 0 Å². The van der Waals surface area contributed by atoms with Gasteiger partial charge in [-0.25, -0.2) is 14.0 Å². The molecule has 0 saturated carbocycles. The number of rotatable bonds is 7. The number of amides is 1. The van der Waals surface area contributed by atoms with Crippen LogP contribution >= 0.6 is 0 Å². The van der Waals surface area contributed by atoms with Gasteiger partial charge >= 0.3 is 11.6 Å². The number of fused-ring (bicyclic) bond motifs is 2. The molecule has 2 aromatic heterocycles. The van der Waals surface area contributed by atoms with Crippen LogP contribution in [0.5, 0.6) is 0 Å². The summed E-state index contributed by atoms with van der Waals surface area (Å²) in [4.78, 5) is 36.7. The largest absolute Gasteiger partial charge is 0.480 e. The average Bonchev–Trinajstić information content (AvgIpc) is 3.22. The van der Waals surface area contributed by atoms with Crippen molar-refractivity contribution in [3.63, 3.8) is 0 Å². The summed E-state index contributed by atoms with van der Waals surface area (Å²) in [6, 6.07) is 6.86. The standard InChI is InChI=1S/C26H24FNO6/c1-4-5-21(25(30)31)28-22(29)11-18-13(2)17-10-19-20(15-6-8-16(27)9-7-15)12-33-23(19)14(3)24(17)34-26(18)32/h6-10,12,21H,4-5,11H2,1-3H3,(H,28,29)(H,30,31)/t21-/m0/s1. The monoisotopic (exact) mass is 465 g/mol. The summed E-state index contributed by atoms with van der Waals surface area (Å²) in [5.41, 5.74) is 3.13. The Morgan fingerprint density at radius 1 is 1.09 bits per heavy atom. The first-order valence-corrected chi connectivity index (χ1v) is 11.0. The molecule has 7 nitrogen and oxygen atoms in total. The van der Waals surface area contributed by atoms with Crippen LogP contribution in [0.3, 0.4) is 0 Å². The van der Waals surface area contributed by atoms with Gasteiger partial charge in [-0.3, -0.25) is 4.79 Å². The Balaban J connectivity index is 1.79. The molecule has 34 heavy (non-hydrogen) atoms. The molecule has 4 aromatic rings. The third-order valence-corrected chi connectivity index (χ3v) is 6.04. The molecule has 0 bridgehead atoms. The molecule has 8 heteroatoms. The van der Waals surface area contributed by atoms with Crippen molar-refractivity contribution in [3.05, 3.63) is 69.5 Å². The molecule has 0 aliphatic carbocycles. The molecule has 4 rings (SSSR count). The van der Waals surface area contributed by atoms with Gasteiger partial charge in [-0.15, -0.1) is 0 Å². The van der Waals surface area contributed by atoms with E-state index in [4.69, 9.17) is 8.83 Å². The zero-order valence-corrected chi connectivity index (χ0v) is 19.0. The highest BCUT2D eigenvalue weighted by molar-refractivity contribution is 6.05. The second-order valence-corrected chi connectivity index (χ2v) is 8.33. The molecule has 0 saturated heterocycles. The summed E-state index contributed by atoms with van der Waals surface area (Å²) in [5, 5.41) is 13.2. The zero-order chi connectivity index (χ0) is 24.6. The molecule has 2 N–H and O–H groups in total. The summed E-state index contributed by atoms with van der Waals surface area (Å²) in [6.07, 6.45) is 2.15. The Hall–Kier alpha value is -3.94. The van der Waals surface area contributed by atoms with E-state index in [1.165, 1.54) is 12.1 Å². The highest BCUT2D eigenvalue weighted by atomic mass is 19.1. The van der Waals surface area contributed by atoms with Crippen molar-refractivity contribution in [2.45, 2.75) is 46.1 Å². The number of carbonyl (C=O) groups excluding carboxylic acids is 1. The van der Waals surface area contributed by atoms with Crippen molar-refractivity contribution in [2.75, 3.05) is 0 Å². The minimum Gasteiger partial charge on any atom is -0.480 e. The first-order valence-electron chi connectivity index (χ1n) is 11.0. The number of carboxylic acids is 1. The van der Waals surface area contributed by atoms with Gasteiger partial charge in [0.15, 0.2) is 0 Å². The topological polar surface area (TPSA) is 110 Å². The van der Waals surface area contributed by atoms with Gasteiger partial charge in [0.2, 0.25) is 5.91 Å². The molecule has 1 atom stereocenters. The Bertz CT molecular complexity index is 1470. The van der Waals surface area contributed by atoms with Crippen LogP contribution in [-0.4, -0.2) is 23.0 Å². The Morgan fingerprint density at radius 3 is 2.44 bits per heavy atom. The van der Waals surface area contributed by atoms with Crippen LogP contribution in [0, 0.1) is 19.7 Å². The molecule has 176 valence electrons. The number of hydrogen-bond donors (Lipinski definition) is 2. The lowest BCUT2D eigenvalue weighted by molar-refractivity contribution is -0.141. The summed E-state index contributed by atoms with van der Waals surface area (Å²) in [7, 11) is 0. The fraction of sp³-hybridized carbons (Fsp3) is 0.269. The van der Waals surface area contributed by atoms with Gasteiger partial charge in [-0.1, -0.05) is 25.5 Å². The molecule has 0 radical (unpaired) electrons. The molecular weight excluding hydrogens is 441 g/mol. The number of aryl methyl sites for hydroxylation is 2. The molecule has 1 amide bonds. The molecule has 2 aromatic carbocycles. The van der Waals surface area contributed by atoms with Crippen molar-refractivity contribution < 1.29 is 27.9 Å². The molecule has 0 aliphatic rings. The third kappa shape index (κ3) is 4.19. The van der Waals surface area contributed by atoms with E-state index in [2.05, 4.69) is 5.32 Å². The number of carboxylic acid groups (broad SMARTS) is 1. The number of aliphatic carboxylic acids is 1. The van der Waals surface area contributed by atoms with Crippen LogP contribution in [0.15, 0.2) is 50.2 Å². The molecule has 0 spiro atoms. The van der Waals surface area contributed by atoms with Crippen LogP contribution in [0.4, 0.5) is 4.39 Å². The van der Waals surface area contributed by atoms with E-state index in [1.807, 2.05) is 13.0 Å². The van der Waals surface area contributed by atoms with E-state index in [9.17, 15) is 23.9 Å². The van der Waals surface area contributed by atoms with Crippen molar-refractivity contribution in [1.82, 2.24) is 5.32 Å². The highest BCUT2D eigenvalue weighted by Gasteiger charge is 2.23. The van der Waals surface area contributed by atoms with E-state index >= 15 is 0 Å². The number of nitrogens with one attached hydrogen (secondary N) is 1. The van der Waals surface area contributed by atoms with Crippen LogP contribution in [-0.2, 0) is 16.0 Å². The van der Waals surface area contributed by atoms with Crippen LogP contribution in [0.2, 0.25) is 0 Å². The second kappa shape index (κ2) is 9.13. The van der Waals surface area contributed by atoms with E-state index < -0.39 is 23.5 Å². The van der Waals surface area contributed by atoms with Gasteiger partial charge in [0.25, 0.3) is 0 Å². The predicted octanol–water partition coefficient (Wildman–Crippen LogP) is 4.87. The van der Waals surface area contributed by atoms with E-state index in [0.717, 1.165) is 16.5 Å². The van der Waals surface area contributed by atoms with E-state index in [0.29, 0.717) is 34.1 Å². The zero-order valence-electron chi connectivity index (χ0n) is 19.0. The summed E-state index contributed by atoms with van der Waals surface area (Å²) in [6.45, 7) is 5.33. The van der Waals surface area contributed by atoms with Crippen LogP contribution in [0.1, 0.15) is 36.5 Å². The normalized spacial score (nSPS) is 12.2. The van der Waals surface area contributed by atoms with Gasteiger partial charge in [-0.05, 0) is 49.6 Å². The average molecular weight is 465 g/mol. The molecule has 2 heterocycles. The molecule has 0 fully saturated rings. The lowest BCUT2D eigenvalue weighted by Crippen LogP contribution is -2.41. The highest BCUT2D eigenvalue weighted by Crippen LogP contribution is 2.37. The Kier molecular flexibility index (Phi) is 6.24. The van der Waals surface area contributed by atoms with Crippen molar-refractivity contribution >= 4 is 33.8 Å². The van der Waals surface area contributed by atoms with Crippen LogP contribution < -0.4 is 10.9 Å². The fourth-order valence-corrected chi connectivity index (χ4v) is 4.21. The number of carbonyl (C=O) groups is 2. The number of benzene rings is 2. The lowest BCUT2D eigenvalue weighted by Gasteiger charge is -2.14. The third-order valence-electron chi connectivity index (χ3n) is 6.04. The maximum atomic E-state index is 13.4. The fourth-order valence-electron chi connectivity index (χ4n) is 4.21. The van der Waals surface area contributed by atoms with Gasteiger partial charge in [-0.2, -0.15) is 0 Å². The minimum atomic E-state index is -1.12. The van der Waals surface area contributed by atoms with Crippen LogP contribution in [0.25, 0.3) is 33.1 Å². The van der Waals surface area contributed by atoms with E-state index in [-0.39, 0.29) is 24.2 Å². The molecule has 0 aliphatic heterocycles. The van der Waals surface area contributed by atoms with Gasteiger partial charge in [0.1, 0.15) is 23.0 Å². The summed E-state index contributed by atoms with van der Waals surface area (Å²) in [5.74, 6) is -2.03. The smallest absolute Gasteiger partial charge is 0.340 e. The maximum Gasteiger partial charge on any atom is 0.340 e. The number of furan rings is 1. The predicted molar refractivity (Wildman–Crippen MR) is 125 cm³/mol. The first kappa shape index (κ1) is 23.2. The second-order valence-electron chi connectivity index (χ2n) is 8.33. The Labute approximate surface area is 194 Å². The van der Waals surface area contributed by atoms with E-state index in [1.54, 1.807) is 32.2 Å². The Morgan fingerprint density at radius 2 is 1.79 bits per heavy atom. The first-order chi connectivity index (χ1) is 16.2. The van der Waals surface area contributed by atoms with Gasteiger partial charge in [0.05, 0.1) is 18.2 Å². The van der Waals surface area contributed by atoms with Gasteiger partial charge in [0, 0.05) is 21.9 Å². The molecule has 0 unspecified atom stereocenters. The van der Waals surface area contributed by atoms with Gasteiger partial charge < -0.3 is 19.3 Å². The maximum absolute atomic E-state index is 13.4. The summed E-state index contributed by atoms with van der Waals surface area (Å²) < 4.78 is 24.7. The number of halogens is 1. The minimum absolute atomic E-state index is 0.163. The van der Waals surface area contributed by atoms with Crippen molar-refractivity contribution in [2.24, 2.45) is 0 Å². The molecular formula is C26H24FNO6. The quantitative estimate of drug-likeness (QED) is 0.377. The van der Waals surface area contributed by atoms with Crippen molar-refractivity contribution in [3.8, 4) is 11.1 Å². The number of hydrogen-bond acceptors (Lipinski definition) is 5.